The maximum atomic E-state index is 10.3. The second-order valence-corrected chi connectivity index (χ2v) is 4.19. The fraction of sp³-hybridized carbons (Fsp3) is 0.727. The van der Waals surface area contributed by atoms with Crippen molar-refractivity contribution in [2.24, 2.45) is 11.3 Å². The average Bonchev–Trinajstić information content (AvgIpc) is 2.11. The highest BCUT2D eigenvalue weighted by molar-refractivity contribution is 5.37. The zero-order valence-corrected chi connectivity index (χ0v) is 8.62. The molecule has 3 atom stereocenters. The lowest BCUT2D eigenvalue weighted by atomic mass is 9.68. The number of hydrogen-bond acceptors (Lipinski definition) is 2. The van der Waals surface area contributed by atoms with Crippen molar-refractivity contribution < 1.29 is 9.53 Å². The van der Waals surface area contributed by atoms with Crippen LogP contribution in [-0.2, 0) is 9.53 Å². The number of carbonyl (C=O) groups is 1. The summed E-state index contributed by atoms with van der Waals surface area (Å²) < 4.78 is 5.04. The molecule has 0 aromatic rings. The van der Waals surface area contributed by atoms with Gasteiger partial charge in [0.05, 0.1) is 0 Å². The fourth-order valence-electron chi connectivity index (χ4n) is 1.91. The van der Waals surface area contributed by atoms with Crippen molar-refractivity contribution in [2.75, 3.05) is 0 Å². The highest BCUT2D eigenvalue weighted by Gasteiger charge is 2.38. The summed E-state index contributed by atoms with van der Waals surface area (Å²) in [7, 11) is 0. The van der Waals surface area contributed by atoms with Crippen LogP contribution in [-0.4, -0.2) is 12.6 Å². The lowest BCUT2D eigenvalue weighted by Gasteiger charge is -2.40. The van der Waals surface area contributed by atoms with Gasteiger partial charge in [0.15, 0.2) is 0 Å². The standard InChI is InChI=1S/C11H18O2/c1-9-6-4-5-7-11(9,3)10(2)13-8-12/h4-5,8-10H,6-7H2,1-3H3/t9?,10?,11-/m0/s1. The zero-order valence-electron chi connectivity index (χ0n) is 8.62. The Balaban J connectivity index is 2.72. The molecule has 1 rings (SSSR count). The van der Waals surface area contributed by atoms with E-state index in [0.717, 1.165) is 12.8 Å². The van der Waals surface area contributed by atoms with Gasteiger partial charge in [0.2, 0.25) is 0 Å². The predicted molar refractivity (Wildman–Crippen MR) is 52.3 cm³/mol. The SMILES string of the molecule is CC1CC=CC[C@]1(C)C(C)OC=O. The minimum Gasteiger partial charge on any atom is -0.464 e. The van der Waals surface area contributed by atoms with E-state index in [0.29, 0.717) is 12.4 Å². The van der Waals surface area contributed by atoms with Gasteiger partial charge in [-0.2, -0.15) is 0 Å². The van der Waals surface area contributed by atoms with Gasteiger partial charge in [0, 0.05) is 5.41 Å². The van der Waals surface area contributed by atoms with Crippen molar-refractivity contribution in [3.8, 4) is 0 Å². The molecule has 13 heavy (non-hydrogen) atoms. The summed E-state index contributed by atoms with van der Waals surface area (Å²) in [5, 5.41) is 0. The molecule has 2 nitrogen and oxygen atoms in total. The Morgan fingerprint density at radius 1 is 1.62 bits per heavy atom. The van der Waals surface area contributed by atoms with E-state index in [1.165, 1.54) is 0 Å². The summed E-state index contributed by atoms with van der Waals surface area (Å²) in [5.41, 5.74) is 0.107. The Morgan fingerprint density at radius 2 is 2.31 bits per heavy atom. The second kappa shape index (κ2) is 3.95. The third-order valence-corrected chi connectivity index (χ3v) is 3.53. The first-order chi connectivity index (χ1) is 6.11. The number of carbonyl (C=O) groups excluding carboxylic acids is 1. The summed E-state index contributed by atoms with van der Waals surface area (Å²) in [6.07, 6.45) is 6.49. The molecular weight excluding hydrogens is 164 g/mol. The average molecular weight is 182 g/mol. The van der Waals surface area contributed by atoms with Crippen molar-refractivity contribution >= 4 is 6.47 Å². The fourth-order valence-corrected chi connectivity index (χ4v) is 1.91. The molecule has 0 aliphatic heterocycles. The summed E-state index contributed by atoms with van der Waals surface area (Å²) in [6.45, 7) is 6.94. The van der Waals surface area contributed by atoms with Crippen molar-refractivity contribution in [1.29, 1.82) is 0 Å². The molecule has 0 aromatic heterocycles. The van der Waals surface area contributed by atoms with Crippen molar-refractivity contribution in [3.63, 3.8) is 0 Å². The Kier molecular flexibility index (Phi) is 3.12. The Bertz CT molecular complexity index is 210. The molecule has 0 spiro atoms. The smallest absolute Gasteiger partial charge is 0.293 e. The molecule has 74 valence electrons. The molecule has 0 heterocycles. The van der Waals surface area contributed by atoms with Crippen LogP contribution in [0.2, 0.25) is 0 Å². The van der Waals surface area contributed by atoms with Crippen LogP contribution in [0.5, 0.6) is 0 Å². The first kappa shape index (κ1) is 10.3. The number of ether oxygens (including phenoxy) is 1. The van der Waals surface area contributed by atoms with Crippen LogP contribution in [0.15, 0.2) is 12.2 Å². The molecule has 0 saturated heterocycles. The Labute approximate surface area is 80.0 Å². The minimum absolute atomic E-state index is 0.00458. The predicted octanol–water partition coefficient (Wildman–Crippen LogP) is 2.54. The van der Waals surface area contributed by atoms with Crippen LogP contribution < -0.4 is 0 Å². The van der Waals surface area contributed by atoms with Crippen LogP contribution in [0.25, 0.3) is 0 Å². The van der Waals surface area contributed by atoms with Crippen LogP contribution in [0.4, 0.5) is 0 Å². The largest absolute Gasteiger partial charge is 0.464 e. The minimum atomic E-state index is 0.00458. The maximum Gasteiger partial charge on any atom is 0.293 e. The van der Waals surface area contributed by atoms with E-state index in [1.807, 2.05) is 6.92 Å². The summed E-state index contributed by atoms with van der Waals surface area (Å²) >= 11 is 0. The molecule has 0 aromatic carbocycles. The number of rotatable bonds is 3. The van der Waals surface area contributed by atoms with Gasteiger partial charge in [-0.1, -0.05) is 26.0 Å². The molecule has 1 aliphatic rings. The zero-order chi connectivity index (χ0) is 9.90. The van der Waals surface area contributed by atoms with Crippen LogP contribution in [0.1, 0.15) is 33.6 Å². The molecule has 2 heteroatoms. The highest BCUT2D eigenvalue weighted by atomic mass is 16.5. The topological polar surface area (TPSA) is 26.3 Å². The van der Waals surface area contributed by atoms with E-state index in [2.05, 4.69) is 26.0 Å². The van der Waals surface area contributed by atoms with Gasteiger partial charge in [-0.05, 0) is 25.7 Å². The van der Waals surface area contributed by atoms with Crippen molar-refractivity contribution in [1.82, 2.24) is 0 Å². The van der Waals surface area contributed by atoms with Crippen LogP contribution >= 0.6 is 0 Å². The van der Waals surface area contributed by atoms with Gasteiger partial charge in [-0.25, -0.2) is 0 Å². The summed E-state index contributed by atoms with van der Waals surface area (Å²) in [5.74, 6) is 0.576. The molecule has 0 bridgehead atoms. The van der Waals surface area contributed by atoms with E-state index in [-0.39, 0.29) is 11.5 Å². The van der Waals surface area contributed by atoms with Gasteiger partial charge >= 0.3 is 0 Å². The van der Waals surface area contributed by atoms with E-state index in [9.17, 15) is 4.79 Å². The highest BCUT2D eigenvalue weighted by Crippen LogP contribution is 2.41. The number of allylic oxidation sites excluding steroid dienone is 2. The van der Waals surface area contributed by atoms with Crippen molar-refractivity contribution in [2.45, 2.75) is 39.7 Å². The molecule has 0 radical (unpaired) electrons. The monoisotopic (exact) mass is 182 g/mol. The lowest BCUT2D eigenvalue weighted by Crippen LogP contribution is -2.38. The van der Waals surface area contributed by atoms with Crippen LogP contribution in [0, 0.1) is 11.3 Å². The van der Waals surface area contributed by atoms with Gasteiger partial charge in [0.1, 0.15) is 6.10 Å². The molecule has 2 unspecified atom stereocenters. The van der Waals surface area contributed by atoms with E-state index in [1.54, 1.807) is 0 Å². The first-order valence-electron chi connectivity index (χ1n) is 4.85. The van der Waals surface area contributed by atoms with E-state index < -0.39 is 0 Å². The third kappa shape index (κ3) is 1.93. The molecule has 1 aliphatic carbocycles. The number of hydrogen-bond donors (Lipinski definition) is 0. The molecule has 0 fully saturated rings. The second-order valence-electron chi connectivity index (χ2n) is 4.19. The maximum absolute atomic E-state index is 10.3. The molecule has 0 N–H and O–H groups in total. The lowest BCUT2D eigenvalue weighted by molar-refractivity contribution is -0.141. The summed E-state index contributed by atoms with van der Waals surface area (Å²) in [6, 6.07) is 0. The molecular formula is C11H18O2. The van der Waals surface area contributed by atoms with Gasteiger partial charge in [0.25, 0.3) is 6.47 Å². The van der Waals surface area contributed by atoms with Gasteiger partial charge in [-0.3, -0.25) is 4.79 Å². The van der Waals surface area contributed by atoms with Crippen LogP contribution in [0.3, 0.4) is 0 Å². The quantitative estimate of drug-likeness (QED) is 0.495. The molecule has 0 amide bonds. The first-order valence-corrected chi connectivity index (χ1v) is 4.85. The van der Waals surface area contributed by atoms with Gasteiger partial charge in [-0.15, -0.1) is 0 Å². The summed E-state index contributed by atoms with van der Waals surface area (Å²) in [4.78, 5) is 10.3. The Hall–Kier alpha value is -0.790. The van der Waals surface area contributed by atoms with Crippen molar-refractivity contribution in [3.05, 3.63) is 12.2 Å². The normalized spacial score (nSPS) is 35.5. The van der Waals surface area contributed by atoms with E-state index >= 15 is 0 Å². The van der Waals surface area contributed by atoms with E-state index in [4.69, 9.17) is 4.74 Å². The van der Waals surface area contributed by atoms with Gasteiger partial charge < -0.3 is 4.74 Å². The molecule has 0 saturated carbocycles. The third-order valence-electron chi connectivity index (χ3n) is 3.53. The Morgan fingerprint density at radius 3 is 2.85 bits per heavy atom.